The van der Waals surface area contributed by atoms with E-state index in [1.54, 1.807) is 12.1 Å². The predicted octanol–water partition coefficient (Wildman–Crippen LogP) is 3.89. The number of alkyl halides is 3. The van der Waals surface area contributed by atoms with Crippen molar-refractivity contribution in [3.63, 3.8) is 0 Å². The van der Waals surface area contributed by atoms with Gasteiger partial charge in [-0.15, -0.1) is 5.10 Å². The summed E-state index contributed by atoms with van der Waals surface area (Å²) in [5.41, 5.74) is 11.5. The Labute approximate surface area is 144 Å². The minimum atomic E-state index is -4.76. The first kappa shape index (κ1) is 21.9. The number of rotatable bonds is 4. The van der Waals surface area contributed by atoms with Crippen molar-refractivity contribution in [1.29, 1.82) is 0 Å². The predicted molar refractivity (Wildman–Crippen MR) is 93.7 cm³/mol. The Hall–Kier alpha value is -2.09. The van der Waals surface area contributed by atoms with Crippen LogP contribution in [0.25, 0.3) is 0 Å². The molecular formula is C15H21ClF3N5. The lowest BCUT2D eigenvalue weighted by Gasteiger charge is -2.05. The molecule has 0 heterocycles. The van der Waals surface area contributed by atoms with Crippen LogP contribution in [0.5, 0.6) is 0 Å². The van der Waals surface area contributed by atoms with Gasteiger partial charge in [0.2, 0.25) is 11.8 Å². The molecule has 0 amide bonds. The standard InChI is InChI=1S/C13H15ClF3N5.C2H6/c1-2-4-8-5-3-6-10(14)9(8)7-20-22-12(19)21-11(18)13(15,16)17;1-2/h3,5-7H,2,4H2,1H3,(H4,18,19,21,22);1-2H3/b20-7+;. The second-order valence-corrected chi connectivity index (χ2v) is 4.67. The van der Waals surface area contributed by atoms with Crippen LogP contribution in [0.4, 0.5) is 13.2 Å². The highest BCUT2D eigenvalue weighted by Gasteiger charge is 2.33. The summed E-state index contributed by atoms with van der Waals surface area (Å²) < 4.78 is 36.5. The molecule has 0 saturated carbocycles. The topological polar surface area (TPSA) is 89.1 Å². The lowest BCUT2D eigenvalue weighted by atomic mass is 10.0. The van der Waals surface area contributed by atoms with Crippen molar-refractivity contribution in [2.45, 2.75) is 39.8 Å². The first-order chi connectivity index (χ1) is 11.3. The summed E-state index contributed by atoms with van der Waals surface area (Å²) in [6.07, 6.45) is -1.76. The van der Waals surface area contributed by atoms with Crippen molar-refractivity contribution >= 4 is 29.6 Å². The molecule has 1 aromatic rings. The van der Waals surface area contributed by atoms with Gasteiger partial charge in [0, 0.05) is 10.6 Å². The maximum atomic E-state index is 12.2. The molecule has 9 heteroatoms. The van der Waals surface area contributed by atoms with Gasteiger partial charge in [-0.25, -0.2) is 0 Å². The molecule has 5 nitrogen and oxygen atoms in total. The number of hydrogen-bond acceptors (Lipinski definition) is 2. The SMILES string of the molecule is CC.CCCc1cccc(Cl)c1/C=N/N=C(N)\N=C(/N)C(F)(F)F. The van der Waals surface area contributed by atoms with Crippen molar-refractivity contribution in [1.82, 2.24) is 0 Å². The third kappa shape index (κ3) is 7.45. The molecule has 0 saturated heterocycles. The van der Waals surface area contributed by atoms with Gasteiger partial charge in [-0.2, -0.15) is 23.3 Å². The zero-order valence-corrected chi connectivity index (χ0v) is 14.5. The second kappa shape index (κ2) is 10.6. The molecule has 1 aromatic carbocycles. The zero-order chi connectivity index (χ0) is 18.8. The molecule has 24 heavy (non-hydrogen) atoms. The lowest BCUT2D eigenvalue weighted by molar-refractivity contribution is -0.0597. The summed E-state index contributed by atoms with van der Waals surface area (Å²) in [6, 6.07) is 5.36. The van der Waals surface area contributed by atoms with E-state index in [-0.39, 0.29) is 0 Å². The molecular weight excluding hydrogens is 343 g/mol. The van der Waals surface area contributed by atoms with Gasteiger partial charge >= 0.3 is 6.18 Å². The maximum absolute atomic E-state index is 12.2. The van der Waals surface area contributed by atoms with Crippen LogP contribution in [0.15, 0.2) is 33.4 Å². The molecule has 0 spiro atoms. The van der Waals surface area contributed by atoms with Gasteiger partial charge in [-0.05, 0) is 18.1 Å². The van der Waals surface area contributed by atoms with Crippen LogP contribution in [-0.2, 0) is 6.42 Å². The highest BCUT2D eigenvalue weighted by molar-refractivity contribution is 6.33. The molecule has 0 aliphatic carbocycles. The number of aryl methyl sites for hydroxylation is 1. The van der Waals surface area contributed by atoms with Crippen LogP contribution < -0.4 is 11.5 Å². The molecule has 0 aliphatic rings. The second-order valence-electron chi connectivity index (χ2n) is 4.26. The maximum Gasteiger partial charge on any atom is 0.449 e. The largest absolute Gasteiger partial charge is 0.449 e. The Morgan fingerprint density at radius 3 is 2.42 bits per heavy atom. The zero-order valence-electron chi connectivity index (χ0n) is 13.7. The summed E-state index contributed by atoms with van der Waals surface area (Å²) in [4.78, 5) is 2.91. The lowest BCUT2D eigenvalue weighted by Crippen LogP contribution is -2.33. The van der Waals surface area contributed by atoms with Crippen molar-refractivity contribution in [3.05, 3.63) is 34.3 Å². The van der Waals surface area contributed by atoms with E-state index in [0.717, 1.165) is 18.4 Å². The van der Waals surface area contributed by atoms with Gasteiger partial charge in [0.15, 0.2) is 0 Å². The van der Waals surface area contributed by atoms with E-state index >= 15 is 0 Å². The molecule has 4 N–H and O–H groups in total. The first-order valence-corrected chi connectivity index (χ1v) is 7.68. The van der Waals surface area contributed by atoms with E-state index in [2.05, 4.69) is 15.2 Å². The van der Waals surface area contributed by atoms with Crippen LogP contribution in [-0.4, -0.2) is 24.2 Å². The number of hydrogen-bond donors (Lipinski definition) is 2. The third-order valence-corrected chi connectivity index (χ3v) is 2.86. The van der Waals surface area contributed by atoms with Gasteiger partial charge in [-0.1, -0.05) is 50.9 Å². The number of benzene rings is 1. The van der Waals surface area contributed by atoms with E-state index < -0.39 is 18.0 Å². The Balaban J connectivity index is 0.00000254. The number of aliphatic imine (C=N–C) groups is 1. The van der Waals surface area contributed by atoms with E-state index in [0.29, 0.717) is 10.6 Å². The normalized spacial score (nSPS) is 13.0. The van der Waals surface area contributed by atoms with Crippen LogP contribution in [0.2, 0.25) is 5.02 Å². The van der Waals surface area contributed by atoms with E-state index in [1.165, 1.54) is 6.21 Å². The molecule has 0 atom stereocenters. The quantitative estimate of drug-likeness (QED) is 0.483. The molecule has 0 aliphatic heterocycles. The fourth-order valence-electron chi connectivity index (χ4n) is 1.57. The highest BCUT2D eigenvalue weighted by Crippen LogP contribution is 2.19. The van der Waals surface area contributed by atoms with Crippen molar-refractivity contribution in [3.8, 4) is 0 Å². The fraction of sp³-hybridized carbons (Fsp3) is 0.400. The highest BCUT2D eigenvalue weighted by atomic mass is 35.5. The molecule has 0 aromatic heterocycles. The van der Waals surface area contributed by atoms with Gasteiger partial charge in [0.25, 0.3) is 0 Å². The summed E-state index contributed by atoms with van der Waals surface area (Å²) in [5, 5.41) is 7.42. The number of nitrogens with zero attached hydrogens (tertiary/aromatic N) is 3. The van der Waals surface area contributed by atoms with Crippen LogP contribution >= 0.6 is 11.6 Å². The minimum Gasteiger partial charge on any atom is -0.379 e. The smallest absolute Gasteiger partial charge is 0.379 e. The molecule has 0 unspecified atom stereocenters. The number of halogens is 4. The fourth-order valence-corrected chi connectivity index (χ4v) is 1.81. The molecule has 1 rings (SSSR count). The Bertz CT molecular complexity index is 610. The molecule has 134 valence electrons. The average Bonchev–Trinajstić information content (AvgIpc) is 2.51. The Kier molecular flexibility index (Phi) is 9.71. The summed E-state index contributed by atoms with van der Waals surface area (Å²) in [6.45, 7) is 6.01. The summed E-state index contributed by atoms with van der Waals surface area (Å²) >= 11 is 6.06. The van der Waals surface area contributed by atoms with Crippen molar-refractivity contribution in [2.75, 3.05) is 0 Å². The average molecular weight is 364 g/mol. The minimum absolute atomic E-state index is 0.460. The molecule has 0 fully saturated rings. The van der Waals surface area contributed by atoms with Crippen molar-refractivity contribution in [2.24, 2.45) is 26.7 Å². The number of amidine groups is 1. The Morgan fingerprint density at radius 2 is 1.88 bits per heavy atom. The summed E-state index contributed by atoms with van der Waals surface area (Å²) in [5.74, 6) is -2.29. The Morgan fingerprint density at radius 1 is 1.25 bits per heavy atom. The van der Waals surface area contributed by atoms with Gasteiger partial charge < -0.3 is 11.5 Å². The number of nitrogens with two attached hydrogens (primary N) is 2. The van der Waals surface area contributed by atoms with E-state index in [4.69, 9.17) is 23.1 Å². The first-order valence-electron chi connectivity index (χ1n) is 7.31. The monoisotopic (exact) mass is 363 g/mol. The summed E-state index contributed by atoms with van der Waals surface area (Å²) in [7, 11) is 0. The van der Waals surface area contributed by atoms with Crippen LogP contribution in [0, 0.1) is 0 Å². The van der Waals surface area contributed by atoms with Crippen LogP contribution in [0.1, 0.15) is 38.3 Å². The van der Waals surface area contributed by atoms with E-state index in [1.807, 2.05) is 26.8 Å². The van der Waals surface area contributed by atoms with Gasteiger partial charge in [-0.3, -0.25) is 0 Å². The van der Waals surface area contributed by atoms with E-state index in [9.17, 15) is 13.2 Å². The van der Waals surface area contributed by atoms with Gasteiger partial charge in [0.05, 0.1) is 6.21 Å². The van der Waals surface area contributed by atoms with Crippen LogP contribution in [0.3, 0.4) is 0 Å². The third-order valence-electron chi connectivity index (χ3n) is 2.54. The molecule has 0 bridgehead atoms. The molecule has 0 radical (unpaired) electrons. The van der Waals surface area contributed by atoms with Gasteiger partial charge in [0.1, 0.15) is 0 Å². The van der Waals surface area contributed by atoms with Crippen molar-refractivity contribution < 1.29 is 13.2 Å². The number of guanidine groups is 1.